The average Bonchev–Trinajstić information content (AvgIpc) is 3.49. The smallest absolute Gasteiger partial charge is 0.335 e. The van der Waals surface area contributed by atoms with Crippen LogP contribution in [0.1, 0.15) is 52.8 Å². The third kappa shape index (κ3) is 5.51. The van der Waals surface area contributed by atoms with Crippen molar-refractivity contribution in [3.05, 3.63) is 88.6 Å². The molecule has 0 saturated carbocycles. The molecule has 2 aromatic carbocycles. The standard InChI is InChI=1S/C31H30FN5O4/c1-31(27-3-2-4-29(35-27)41-18-22-6-5-20(15-33)13-24(22)32)10-11-36(19-31)17-28-34-25-8-7-21(30(38)39)14-26(25)37(28)16-23-9-12-40-23/h2-8,13-14,23H,9-12,16-19H2,1H3,(H,38,39)/t23-,31+/m0/s1. The number of nitriles is 1. The highest BCUT2D eigenvalue weighted by Gasteiger charge is 2.37. The minimum Gasteiger partial charge on any atom is -0.478 e. The maximum atomic E-state index is 14.3. The molecule has 0 radical (unpaired) electrons. The Labute approximate surface area is 236 Å². The topological polar surface area (TPSA) is 114 Å². The zero-order valence-electron chi connectivity index (χ0n) is 22.7. The molecule has 2 aromatic heterocycles. The molecule has 4 heterocycles. The fourth-order valence-electron chi connectivity index (χ4n) is 5.58. The lowest BCUT2D eigenvalue weighted by molar-refractivity contribution is -0.0591. The molecule has 2 fully saturated rings. The number of ether oxygens (including phenoxy) is 2. The molecule has 2 aliphatic rings. The number of halogens is 1. The number of carbonyl (C=O) groups is 1. The second-order valence-corrected chi connectivity index (χ2v) is 11.0. The van der Waals surface area contributed by atoms with E-state index in [0.717, 1.165) is 55.1 Å². The van der Waals surface area contributed by atoms with Crippen LogP contribution in [-0.4, -0.2) is 56.3 Å². The summed E-state index contributed by atoms with van der Waals surface area (Å²) in [4.78, 5) is 23.6. The lowest BCUT2D eigenvalue weighted by Gasteiger charge is -2.28. The van der Waals surface area contributed by atoms with Gasteiger partial charge >= 0.3 is 5.97 Å². The second kappa shape index (κ2) is 10.9. The third-order valence-corrected chi connectivity index (χ3v) is 8.07. The van der Waals surface area contributed by atoms with E-state index in [-0.39, 0.29) is 29.3 Å². The van der Waals surface area contributed by atoms with Crippen molar-refractivity contribution < 1.29 is 23.8 Å². The number of imidazole rings is 1. The number of benzene rings is 2. The van der Waals surface area contributed by atoms with Crippen LogP contribution in [0.4, 0.5) is 4.39 Å². The van der Waals surface area contributed by atoms with Crippen molar-refractivity contribution in [3.63, 3.8) is 0 Å². The van der Waals surface area contributed by atoms with Crippen molar-refractivity contribution >= 4 is 17.0 Å². The van der Waals surface area contributed by atoms with Crippen LogP contribution in [0.2, 0.25) is 0 Å². The Morgan fingerprint density at radius 3 is 2.83 bits per heavy atom. The summed E-state index contributed by atoms with van der Waals surface area (Å²) in [5, 5.41) is 18.5. The Kier molecular flexibility index (Phi) is 7.15. The zero-order valence-corrected chi connectivity index (χ0v) is 22.7. The minimum atomic E-state index is -0.961. The Morgan fingerprint density at radius 1 is 1.24 bits per heavy atom. The van der Waals surface area contributed by atoms with Crippen LogP contribution < -0.4 is 4.74 Å². The monoisotopic (exact) mass is 555 g/mol. The maximum absolute atomic E-state index is 14.3. The van der Waals surface area contributed by atoms with Gasteiger partial charge in [0.2, 0.25) is 5.88 Å². The largest absolute Gasteiger partial charge is 0.478 e. The molecule has 0 spiro atoms. The van der Waals surface area contributed by atoms with E-state index in [0.29, 0.717) is 24.5 Å². The van der Waals surface area contributed by atoms with Gasteiger partial charge in [-0.05, 0) is 55.8 Å². The average molecular weight is 556 g/mol. The van der Waals surface area contributed by atoms with Crippen molar-refractivity contribution in [2.75, 3.05) is 19.7 Å². The van der Waals surface area contributed by atoms with E-state index in [1.807, 2.05) is 18.2 Å². The fraction of sp³-hybridized carbons (Fsp3) is 0.355. The number of carboxylic acid groups (broad SMARTS) is 1. The number of hydrogen-bond donors (Lipinski definition) is 1. The summed E-state index contributed by atoms with van der Waals surface area (Å²) in [5.74, 6) is -0.135. The lowest BCUT2D eigenvalue weighted by Crippen LogP contribution is -2.33. The number of nitrogens with zero attached hydrogens (tertiary/aromatic N) is 5. The summed E-state index contributed by atoms with van der Waals surface area (Å²) in [6, 6.07) is 17.0. The molecule has 210 valence electrons. The highest BCUT2D eigenvalue weighted by atomic mass is 19.1. The quantitative estimate of drug-likeness (QED) is 0.317. The van der Waals surface area contributed by atoms with E-state index < -0.39 is 11.8 Å². The van der Waals surface area contributed by atoms with Crippen LogP contribution in [0.5, 0.6) is 5.88 Å². The molecule has 4 aromatic rings. The number of pyridine rings is 1. The summed E-state index contributed by atoms with van der Waals surface area (Å²) < 4.78 is 27.9. The van der Waals surface area contributed by atoms with E-state index in [4.69, 9.17) is 24.7 Å². The first-order chi connectivity index (χ1) is 19.8. The van der Waals surface area contributed by atoms with Crippen molar-refractivity contribution in [1.82, 2.24) is 19.4 Å². The van der Waals surface area contributed by atoms with E-state index in [1.165, 1.54) is 6.07 Å². The lowest BCUT2D eigenvalue weighted by atomic mass is 9.85. The van der Waals surface area contributed by atoms with Gasteiger partial charge in [0.25, 0.3) is 0 Å². The Balaban J connectivity index is 1.18. The molecule has 41 heavy (non-hydrogen) atoms. The molecule has 10 heteroatoms. The predicted octanol–water partition coefficient (Wildman–Crippen LogP) is 4.67. The molecule has 2 atom stereocenters. The minimum absolute atomic E-state index is 0.0152. The van der Waals surface area contributed by atoms with Gasteiger partial charge in [-0.3, -0.25) is 4.90 Å². The Hall–Kier alpha value is -4.33. The normalized spacial score (nSPS) is 20.6. The molecular weight excluding hydrogens is 525 g/mol. The Bertz CT molecular complexity index is 1660. The van der Waals surface area contributed by atoms with Gasteiger partial charge < -0.3 is 19.1 Å². The highest BCUT2D eigenvalue weighted by molar-refractivity contribution is 5.92. The van der Waals surface area contributed by atoms with Gasteiger partial charge in [0.15, 0.2) is 0 Å². The molecule has 0 unspecified atom stereocenters. The number of rotatable bonds is 9. The van der Waals surface area contributed by atoms with Crippen LogP contribution in [0.3, 0.4) is 0 Å². The third-order valence-electron chi connectivity index (χ3n) is 8.07. The summed E-state index contributed by atoms with van der Waals surface area (Å²) in [7, 11) is 0. The Morgan fingerprint density at radius 2 is 2.10 bits per heavy atom. The van der Waals surface area contributed by atoms with Crippen molar-refractivity contribution in [1.29, 1.82) is 5.26 Å². The molecule has 2 saturated heterocycles. The van der Waals surface area contributed by atoms with E-state index in [9.17, 15) is 14.3 Å². The number of likely N-dealkylation sites (tertiary alicyclic amines) is 1. The maximum Gasteiger partial charge on any atom is 0.335 e. The van der Waals surface area contributed by atoms with E-state index >= 15 is 0 Å². The first-order valence-corrected chi connectivity index (χ1v) is 13.7. The molecule has 6 rings (SSSR count). The van der Waals surface area contributed by atoms with Crippen LogP contribution >= 0.6 is 0 Å². The summed E-state index contributed by atoms with van der Waals surface area (Å²) in [5.41, 5.74) is 3.13. The number of carboxylic acids is 1. The SMILES string of the molecule is C[C@@]1(c2cccc(OCc3ccc(C#N)cc3F)n2)CCN(Cc2nc3ccc(C(=O)O)cc3n2C[C@@H]2CCO2)C1. The van der Waals surface area contributed by atoms with Gasteiger partial charge in [0.05, 0.1) is 53.1 Å². The van der Waals surface area contributed by atoms with Crippen LogP contribution in [-0.2, 0) is 29.8 Å². The number of hydrogen-bond acceptors (Lipinski definition) is 7. The van der Waals surface area contributed by atoms with Gasteiger partial charge in [-0.1, -0.05) is 19.1 Å². The second-order valence-electron chi connectivity index (χ2n) is 11.0. The summed E-state index contributed by atoms with van der Waals surface area (Å²) in [6.45, 7) is 5.82. The van der Waals surface area contributed by atoms with Gasteiger partial charge in [-0.15, -0.1) is 0 Å². The molecule has 0 bridgehead atoms. The van der Waals surface area contributed by atoms with Gasteiger partial charge in [-0.25, -0.2) is 19.2 Å². The van der Waals surface area contributed by atoms with Gasteiger partial charge in [-0.2, -0.15) is 5.26 Å². The molecule has 2 aliphatic heterocycles. The molecular formula is C31H30FN5O4. The molecule has 0 amide bonds. The van der Waals surface area contributed by atoms with Crippen LogP contribution in [0, 0.1) is 17.1 Å². The van der Waals surface area contributed by atoms with Crippen molar-refractivity contribution in [3.8, 4) is 11.9 Å². The first-order valence-electron chi connectivity index (χ1n) is 13.7. The zero-order chi connectivity index (χ0) is 28.6. The summed E-state index contributed by atoms with van der Waals surface area (Å²) in [6.07, 6.45) is 1.97. The van der Waals surface area contributed by atoms with Crippen LogP contribution in [0.25, 0.3) is 11.0 Å². The van der Waals surface area contributed by atoms with Gasteiger partial charge in [0.1, 0.15) is 18.2 Å². The van der Waals surface area contributed by atoms with Crippen molar-refractivity contribution in [2.24, 2.45) is 0 Å². The summed E-state index contributed by atoms with van der Waals surface area (Å²) >= 11 is 0. The fourth-order valence-corrected chi connectivity index (χ4v) is 5.58. The number of aromatic nitrogens is 3. The first kappa shape index (κ1) is 26.9. The highest BCUT2D eigenvalue weighted by Crippen LogP contribution is 2.35. The van der Waals surface area contributed by atoms with E-state index in [2.05, 4.69) is 16.4 Å². The number of fused-ring (bicyclic) bond motifs is 1. The molecule has 0 aliphatic carbocycles. The van der Waals surface area contributed by atoms with Crippen LogP contribution in [0.15, 0.2) is 54.6 Å². The van der Waals surface area contributed by atoms with Crippen molar-refractivity contribution in [2.45, 2.75) is 51.0 Å². The van der Waals surface area contributed by atoms with Gasteiger partial charge in [0, 0.05) is 30.2 Å². The van der Waals surface area contributed by atoms with E-state index in [1.54, 1.807) is 36.4 Å². The number of aromatic carboxylic acids is 1. The molecule has 1 N–H and O–H groups in total. The predicted molar refractivity (Wildman–Crippen MR) is 148 cm³/mol. The molecule has 9 nitrogen and oxygen atoms in total.